The van der Waals surface area contributed by atoms with E-state index in [1.165, 1.54) is 29.4 Å². The number of fused-ring (bicyclic) bond motifs is 1. The van der Waals surface area contributed by atoms with Crippen LogP contribution in [0.5, 0.6) is 0 Å². The molecule has 3 amide bonds. The molecule has 0 aliphatic carbocycles. The van der Waals surface area contributed by atoms with Gasteiger partial charge in [0.05, 0.1) is 5.69 Å². The average Bonchev–Trinajstić information content (AvgIpc) is 3.54. The quantitative estimate of drug-likeness (QED) is 0.620. The van der Waals surface area contributed by atoms with E-state index in [2.05, 4.69) is 32.2 Å². The number of nitrogens with zero attached hydrogens (tertiary/aromatic N) is 5. The number of carbonyl (C=O) groups excluding carboxylic acids is 3. The van der Waals surface area contributed by atoms with E-state index in [9.17, 15) is 14.4 Å². The van der Waals surface area contributed by atoms with Gasteiger partial charge in [0.15, 0.2) is 0 Å². The molecule has 3 saturated heterocycles. The molecule has 1 atom stereocenters. The van der Waals surface area contributed by atoms with Crippen molar-refractivity contribution in [2.75, 3.05) is 49.1 Å². The molecule has 0 spiro atoms. The zero-order valence-electron chi connectivity index (χ0n) is 20.8. The lowest BCUT2D eigenvalue weighted by Gasteiger charge is -2.36. The van der Waals surface area contributed by atoms with Crippen LogP contribution in [0.15, 0.2) is 30.5 Å². The molecule has 4 aliphatic heterocycles. The monoisotopic (exact) mass is 506 g/mol. The molecule has 2 aromatic rings. The highest BCUT2D eigenvalue weighted by atomic mass is 19.1. The summed E-state index contributed by atoms with van der Waals surface area (Å²) in [5.41, 5.74) is 2.69. The van der Waals surface area contributed by atoms with Crippen LogP contribution in [0.3, 0.4) is 0 Å². The molecule has 10 heteroatoms. The number of halogens is 1. The van der Waals surface area contributed by atoms with Gasteiger partial charge < -0.3 is 14.7 Å². The summed E-state index contributed by atoms with van der Waals surface area (Å²) in [6, 6.07) is 6.62. The molecule has 194 valence electrons. The number of imide groups is 1. The van der Waals surface area contributed by atoms with Crippen molar-refractivity contribution in [3.8, 4) is 0 Å². The second-order valence-corrected chi connectivity index (χ2v) is 10.3. The summed E-state index contributed by atoms with van der Waals surface area (Å²) >= 11 is 0. The SMILES string of the molecule is O=C1CCC(N2Cc3cc(N4CCN(Cc5ccc(N6CCCC6)nc5)CC4)c(F)cc3C2=O)C(=O)N1. The number of nitrogens with one attached hydrogen (secondary N) is 1. The second-order valence-electron chi connectivity index (χ2n) is 10.3. The van der Waals surface area contributed by atoms with Gasteiger partial charge >= 0.3 is 0 Å². The molecule has 1 aromatic heterocycles. The van der Waals surface area contributed by atoms with Crippen molar-refractivity contribution in [2.45, 2.75) is 44.8 Å². The summed E-state index contributed by atoms with van der Waals surface area (Å²) in [7, 11) is 0. The van der Waals surface area contributed by atoms with Gasteiger partial charge in [-0.25, -0.2) is 9.37 Å². The van der Waals surface area contributed by atoms with E-state index in [-0.39, 0.29) is 31.2 Å². The standard InChI is InChI=1S/C27H31FN6O3/c28-21-14-20-19(17-34(27(20)37)22-4-6-25(35)30-26(22)36)13-23(21)32-11-9-31(10-12-32)16-18-3-5-24(29-15-18)33-7-1-2-8-33/h3,5,13-15,22H,1-2,4,6-12,16-17H2,(H,30,35,36). The third-order valence-electron chi connectivity index (χ3n) is 7.95. The van der Waals surface area contributed by atoms with Gasteiger partial charge in [-0.3, -0.25) is 24.6 Å². The molecule has 5 heterocycles. The first-order chi connectivity index (χ1) is 18.0. The van der Waals surface area contributed by atoms with Crippen LogP contribution in [0.4, 0.5) is 15.9 Å². The summed E-state index contributed by atoms with van der Waals surface area (Å²) in [6.45, 7) is 6.17. The van der Waals surface area contributed by atoms with Gasteiger partial charge in [-0.05, 0) is 48.6 Å². The van der Waals surface area contributed by atoms with Gasteiger partial charge in [0.2, 0.25) is 11.8 Å². The largest absolute Gasteiger partial charge is 0.367 e. The molecule has 0 saturated carbocycles. The maximum Gasteiger partial charge on any atom is 0.255 e. The van der Waals surface area contributed by atoms with Gasteiger partial charge in [-0.15, -0.1) is 0 Å². The van der Waals surface area contributed by atoms with E-state index in [1.807, 2.05) is 11.1 Å². The number of piperazine rings is 1. The minimum absolute atomic E-state index is 0.194. The Morgan fingerprint density at radius 3 is 2.46 bits per heavy atom. The van der Waals surface area contributed by atoms with Crippen molar-refractivity contribution in [3.63, 3.8) is 0 Å². The number of hydrogen-bond donors (Lipinski definition) is 1. The van der Waals surface area contributed by atoms with E-state index in [1.54, 1.807) is 6.07 Å². The summed E-state index contributed by atoms with van der Waals surface area (Å²) in [6.07, 6.45) is 4.91. The van der Waals surface area contributed by atoms with Crippen LogP contribution >= 0.6 is 0 Å². The lowest BCUT2D eigenvalue weighted by atomic mass is 10.0. The van der Waals surface area contributed by atoms with Crippen LogP contribution in [-0.4, -0.2) is 77.8 Å². The van der Waals surface area contributed by atoms with E-state index in [0.29, 0.717) is 24.3 Å². The summed E-state index contributed by atoms with van der Waals surface area (Å²) in [5, 5.41) is 2.30. The zero-order valence-corrected chi connectivity index (χ0v) is 20.8. The molecule has 4 aliphatic rings. The highest BCUT2D eigenvalue weighted by Gasteiger charge is 2.40. The third-order valence-corrected chi connectivity index (χ3v) is 7.95. The number of hydrogen-bond acceptors (Lipinski definition) is 7. The lowest BCUT2D eigenvalue weighted by Crippen LogP contribution is -2.52. The van der Waals surface area contributed by atoms with Crippen LogP contribution < -0.4 is 15.1 Å². The van der Waals surface area contributed by atoms with Crippen LogP contribution in [-0.2, 0) is 22.7 Å². The summed E-state index contributed by atoms with van der Waals surface area (Å²) < 4.78 is 15.1. The minimum Gasteiger partial charge on any atom is -0.367 e. The van der Waals surface area contributed by atoms with Gasteiger partial charge in [0.25, 0.3) is 5.91 Å². The minimum atomic E-state index is -0.702. The molecule has 0 radical (unpaired) electrons. The first kappa shape index (κ1) is 23.8. The third kappa shape index (κ3) is 4.66. The molecule has 9 nitrogen and oxygen atoms in total. The van der Waals surface area contributed by atoms with Gasteiger partial charge in [0.1, 0.15) is 17.7 Å². The maximum absolute atomic E-state index is 15.1. The van der Waals surface area contributed by atoms with Crippen LogP contribution in [0, 0.1) is 5.82 Å². The maximum atomic E-state index is 15.1. The highest BCUT2D eigenvalue weighted by Crippen LogP contribution is 2.33. The molecule has 3 fully saturated rings. The smallest absolute Gasteiger partial charge is 0.255 e. The Hall–Kier alpha value is -3.53. The Balaban J connectivity index is 1.08. The summed E-state index contributed by atoms with van der Waals surface area (Å²) in [4.78, 5) is 49.5. The molecule has 1 unspecified atom stereocenters. The number of piperidine rings is 1. The molecule has 37 heavy (non-hydrogen) atoms. The van der Waals surface area contributed by atoms with Crippen molar-refractivity contribution in [1.29, 1.82) is 0 Å². The van der Waals surface area contributed by atoms with Gasteiger partial charge in [-0.2, -0.15) is 0 Å². The molecule has 1 aromatic carbocycles. The first-order valence-electron chi connectivity index (χ1n) is 13.1. The number of rotatable bonds is 5. The van der Waals surface area contributed by atoms with E-state index in [4.69, 9.17) is 0 Å². The molecule has 6 rings (SSSR count). The molecular formula is C27H31FN6O3. The normalized spacial score (nSPS) is 22.6. The van der Waals surface area contributed by atoms with Crippen molar-refractivity contribution in [2.24, 2.45) is 0 Å². The van der Waals surface area contributed by atoms with Crippen LogP contribution in [0.25, 0.3) is 0 Å². The number of carbonyl (C=O) groups is 3. The number of aromatic nitrogens is 1. The van der Waals surface area contributed by atoms with Crippen molar-refractivity contribution >= 4 is 29.2 Å². The highest BCUT2D eigenvalue weighted by molar-refractivity contribution is 6.05. The van der Waals surface area contributed by atoms with Gasteiger partial charge in [-0.1, -0.05) is 6.07 Å². The van der Waals surface area contributed by atoms with Gasteiger partial charge in [0, 0.05) is 70.5 Å². The predicted octanol–water partition coefficient (Wildman–Crippen LogP) is 1.90. The van der Waals surface area contributed by atoms with E-state index in [0.717, 1.165) is 44.1 Å². The Kier molecular flexibility index (Phi) is 6.27. The fourth-order valence-corrected chi connectivity index (χ4v) is 5.87. The number of benzene rings is 1. The molecule has 1 N–H and O–H groups in total. The van der Waals surface area contributed by atoms with Crippen molar-refractivity contribution < 1.29 is 18.8 Å². The lowest BCUT2D eigenvalue weighted by molar-refractivity contribution is -0.136. The average molecular weight is 507 g/mol. The Labute approximate surface area is 215 Å². The molecular weight excluding hydrogens is 475 g/mol. The Morgan fingerprint density at radius 2 is 1.76 bits per heavy atom. The first-order valence-corrected chi connectivity index (χ1v) is 13.1. The van der Waals surface area contributed by atoms with E-state index >= 15 is 4.39 Å². The van der Waals surface area contributed by atoms with E-state index < -0.39 is 17.8 Å². The molecule has 0 bridgehead atoms. The zero-order chi connectivity index (χ0) is 25.5. The second kappa shape index (κ2) is 9.74. The number of pyridine rings is 1. The number of anilines is 2. The van der Waals surface area contributed by atoms with Crippen molar-refractivity contribution in [1.82, 2.24) is 20.1 Å². The van der Waals surface area contributed by atoms with Crippen LogP contribution in [0.2, 0.25) is 0 Å². The van der Waals surface area contributed by atoms with Crippen molar-refractivity contribution in [3.05, 3.63) is 53.0 Å². The number of amides is 3. The van der Waals surface area contributed by atoms with Crippen LogP contribution in [0.1, 0.15) is 47.2 Å². The topological polar surface area (TPSA) is 89.1 Å². The fraction of sp³-hybridized carbons (Fsp3) is 0.481. The predicted molar refractivity (Wildman–Crippen MR) is 136 cm³/mol. The Morgan fingerprint density at radius 1 is 0.973 bits per heavy atom. The Bertz CT molecular complexity index is 1220. The summed E-state index contributed by atoms with van der Waals surface area (Å²) in [5.74, 6) is -0.521. The fourth-order valence-electron chi connectivity index (χ4n) is 5.87.